The molecule has 0 saturated heterocycles. The van der Waals surface area contributed by atoms with Gasteiger partial charge in [-0.25, -0.2) is 0 Å². The number of fused-ring (bicyclic) bond motifs is 2. The molecule has 0 amide bonds. The van der Waals surface area contributed by atoms with Crippen LogP contribution in [0.1, 0.15) is 0 Å². The first kappa shape index (κ1) is 33.3. The lowest BCUT2D eigenvalue weighted by Gasteiger charge is -2.29. The quantitative estimate of drug-likeness (QED) is 0.118. The first-order chi connectivity index (χ1) is 24.4. The van der Waals surface area contributed by atoms with Crippen LogP contribution < -0.4 is 31.8 Å². The van der Waals surface area contributed by atoms with Crippen LogP contribution in [-0.2, 0) is 9.13 Å². The van der Waals surface area contributed by atoms with Crippen LogP contribution in [-0.4, -0.2) is 0 Å². The second kappa shape index (κ2) is 13.7. The molecule has 8 aromatic rings. The van der Waals surface area contributed by atoms with Gasteiger partial charge in [-0.1, -0.05) is 170 Å². The highest BCUT2D eigenvalue weighted by Crippen LogP contribution is 2.52. The molecule has 8 aromatic carbocycles. The predicted molar refractivity (Wildman–Crippen MR) is 231 cm³/mol. The Bertz CT molecular complexity index is 2340. The lowest BCUT2D eigenvalue weighted by Crippen LogP contribution is -2.30. The number of rotatable bonds is 7. The predicted octanol–water partition coefficient (Wildman–Crippen LogP) is 10.1. The molecular formula is C44H30I2O2P2. The summed E-state index contributed by atoms with van der Waals surface area (Å²) in [6.45, 7) is 0. The van der Waals surface area contributed by atoms with Crippen LogP contribution in [0.15, 0.2) is 182 Å². The Morgan fingerprint density at radius 3 is 0.840 bits per heavy atom. The van der Waals surface area contributed by atoms with Gasteiger partial charge in [-0.2, -0.15) is 0 Å². The van der Waals surface area contributed by atoms with Gasteiger partial charge in [-0.15, -0.1) is 0 Å². The highest BCUT2D eigenvalue weighted by molar-refractivity contribution is 14.1. The Morgan fingerprint density at radius 1 is 0.320 bits per heavy atom. The van der Waals surface area contributed by atoms with Crippen LogP contribution in [0.5, 0.6) is 0 Å². The largest absolute Gasteiger partial charge is 0.309 e. The van der Waals surface area contributed by atoms with Crippen molar-refractivity contribution in [2.45, 2.75) is 0 Å². The second-order valence-electron chi connectivity index (χ2n) is 12.2. The summed E-state index contributed by atoms with van der Waals surface area (Å²) in [6.07, 6.45) is 0. The van der Waals surface area contributed by atoms with Gasteiger partial charge in [0.15, 0.2) is 14.3 Å². The third-order valence-electron chi connectivity index (χ3n) is 9.35. The maximum Gasteiger partial charge on any atom is 0.171 e. The average molecular weight is 906 g/mol. The summed E-state index contributed by atoms with van der Waals surface area (Å²) in [5.74, 6) is 0. The fraction of sp³-hybridized carbons (Fsp3) is 0. The van der Waals surface area contributed by atoms with Crippen molar-refractivity contribution in [2.75, 3.05) is 0 Å². The highest BCUT2D eigenvalue weighted by atomic mass is 127. The molecule has 0 N–H and O–H groups in total. The first-order valence-corrected chi connectivity index (χ1v) is 21.9. The summed E-state index contributed by atoms with van der Waals surface area (Å²) >= 11 is 4.78. The van der Waals surface area contributed by atoms with E-state index in [-0.39, 0.29) is 0 Å². The van der Waals surface area contributed by atoms with E-state index in [1.54, 1.807) is 0 Å². The van der Waals surface area contributed by atoms with Crippen LogP contribution in [0.2, 0.25) is 0 Å². The highest BCUT2D eigenvalue weighted by Gasteiger charge is 2.38. The molecule has 0 saturated carbocycles. The third kappa shape index (κ3) is 5.52. The molecule has 0 atom stereocenters. The van der Waals surface area contributed by atoms with Gasteiger partial charge in [0, 0.05) is 50.1 Å². The van der Waals surface area contributed by atoms with Crippen molar-refractivity contribution in [2.24, 2.45) is 0 Å². The Hall–Kier alpha value is -3.80. The van der Waals surface area contributed by atoms with Crippen LogP contribution in [0.3, 0.4) is 0 Å². The Labute approximate surface area is 319 Å². The molecule has 0 aliphatic heterocycles. The van der Waals surface area contributed by atoms with E-state index >= 15 is 9.13 Å². The minimum atomic E-state index is -3.51. The maximum absolute atomic E-state index is 16.4. The fourth-order valence-electron chi connectivity index (χ4n) is 7.06. The van der Waals surface area contributed by atoms with E-state index in [0.29, 0.717) is 0 Å². The van der Waals surface area contributed by atoms with E-state index in [1.807, 2.05) is 146 Å². The molecule has 0 spiro atoms. The van der Waals surface area contributed by atoms with Crippen molar-refractivity contribution in [1.29, 1.82) is 0 Å². The van der Waals surface area contributed by atoms with Crippen LogP contribution in [0.4, 0.5) is 0 Å². The van der Waals surface area contributed by atoms with Crippen LogP contribution in [0.25, 0.3) is 32.7 Å². The van der Waals surface area contributed by atoms with Crippen molar-refractivity contribution in [3.8, 4) is 11.1 Å². The monoisotopic (exact) mass is 906 g/mol. The fourth-order valence-corrected chi connectivity index (χ4v) is 14.9. The molecule has 0 unspecified atom stereocenters. The molecule has 0 aromatic heterocycles. The zero-order valence-electron chi connectivity index (χ0n) is 26.8. The number of benzene rings is 8. The van der Waals surface area contributed by atoms with Crippen molar-refractivity contribution in [1.82, 2.24) is 0 Å². The number of hydrogen-bond donors (Lipinski definition) is 0. The topological polar surface area (TPSA) is 34.1 Å². The van der Waals surface area contributed by atoms with Gasteiger partial charge in [0.25, 0.3) is 0 Å². The molecule has 50 heavy (non-hydrogen) atoms. The normalized spacial score (nSPS) is 12.0. The van der Waals surface area contributed by atoms with Gasteiger partial charge in [0.2, 0.25) is 0 Å². The summed E-state index contributed by atoms with van der Waals surface area (Å²) in [6, 6.07) is 60.3. The first-order valence-electron chi connectivity index (χ1n) is 16.3. The van der Waals surface area contributed by atoms with Gasteiger partial charge in [0.05, 0.1) is 0 Å². The van der Waals surface area contributed by atoms with Crippen LogP contribution in [0, 0.1) is 7.14 Å². The molecule has 8 rings (SSSR count). The van der Waals surface area contributed by atoms with E-state index in [0.717, 1.165) is 71.6 Å². The zero-order valence-corrected chi connectivity index (χ0v) is 32.9. The SMILES string of the molecule is O=P(c1ccccc1)(c1ccccc1)c1cc(I)c2ccccc2c1-c1c(P(=O)(c2ccccc2)c2ccccc2)cc(I)c2ccccc12. The van der Waals surface area contributed by atoms with Crippen molar-refractivity contribution in [3.05, 3.63) is 189 Å². The summed E-state index contributed by atoms with van der Waals surface area (Å²) in [7, 11) is -7.03. The van der Waals surface area contributed by atoms with E-state index in [2.05, 4.69) is 81.6 Å². The molecule has 0 radical (unpaired) electrons. The smallest absolute Gasteiger partial charge is 0.171 e. The second-order valence-corrected chi connectivity index (χ2v) is 19.9. The van der Waals surface area contributed by atoms with Crippen molar-refractivity contribution >= 4 is 113 Å². The minimum absolute atomic E-state index is 0.735. The molecule has 242 valence electrons. The standard InChI is InChI=1S/C44H30I2O2P2/c45-39-29-41(49(47,31-17-5-1-6-18-31)32-19-7-2-8-20-32)43(37-27-15-13-25-35(37)39)44-38-28-16-14-26-36(38)40(46)30-42(44)50(48,33-21-9-3-10-22-33)34-23-11-4-12-24-34/h1-30H. The molecule has 0 aliphatic rings. The lowest BCUT2D eigenvalue weighted by molar-refractivity contribution is 0.591. The van der Waals surface area contributed by atoms with E-state index in [1.165, 1.54) is 0 Å². The summed E-state index contributed by atoms with van der Waals surface area (Å²) in [5.41, 5.74) is 1.71. The number of halogens is 2. The summed E-state index contributed by atoms with van der Waals surface area (Å²) in [5, 5.41) is 8.55. The lowest BCUT2D eigenvalue weighted by atomic mass is 9.93. The molecule has 0 heterocycles. The van der Waals surface area contributed by atoms with E-state index in [4.69, 9.17) is 0 Å². The molecule has 6 heteroatoms. The summed E-state index contributed by atoms with van der Waals surface area (Å²) in [4.78, 5) is 0. The molecule has 0 fully saturated rings. The van der Waals surface area contributed by atoms with Gasteiger partial charge < -0.3 is 9.13 Å². The Balaban J connectivity index is 1.63. The Morgan fingerprint density at radius 2 is 0.560 bits per heavy atom. The molecule has 2 nitrogen and oxygen atoms in total. The van der Waals surface area contributed by atoms with E-state index < -0.39 is 14.3 Å². The average Bonchev–Trinajstić information content (AvgIpc) is 3.19. The minimum Gasteiger partial charge on any atom is -0.309 e. The summed E-state index contributed by atoms with van der Waals surface area (Å²) < 4.78 is 34.9. The molecule has 0 bridgehead atoms. The van der Waals surface area contributed by atoms with Gasteiger partial charge in [-0.3, -0.25) is 0 Å². The van der Waals surface area contributed by atoms with E-state index in [9.17, 15) is 0 Å². The Kier molecular flexibility index (Phi) is 9.16. The van der Waals surface area contributed by atoms with Crippen molar-refractivity contribution < 1.29 is 9.13 Å². The van der Waals surface area contributed by atoms with Gasteiger partial charge in [-0.05, 0) is 78.9 Å². The van der Waals surface area contributed by atoms with Crippen LogP contribution >= 0.6 is 59.5 Å². The molecular weight excluding hydrogens is 876 g/mol. The van der Waals surface area contributed by atoms with Gasteiger partial charge >= 0.3 is 0 Å². The van der Waals surface area contributed by atoms with Crippen molar-refractivity contribution in [3.63, 3.8) is 0 Å². The maximum atomic E-state index is 16.4. The van der Waals surface area contributed by atoms with Gasteiger partial charge in [0.1, 0.15) is 0 Å². The third-order valence-corrected chi connectivity index (χ3v) is 17.3. The number of hydrogen-bond acceptors (Lipinski definition) is 2. The zero-order chi connectivity index (χ0) is 34.3. The molecule has 0 aliphatic carbocycles.